The molecule has 1 saturated carbocycles. The van der Waals surface area contributed by atoms with E-state index in [4.69, 9.17) is 9.26 Å². The van der Waals surface area contributed by atoms with Crippen molar-refractivity contribution in [2.75, 3.05) is 26.8 Å². The molecule has 104 valence electrons. The number of carbonyl (C=O) groups excluding carboxylic acids is 1. The third kappa shape index (κ3) is 2.94. The zero-order valence-electron chi connectivity index (χ0n) is 11.2. The van der Waals surface area contributed by atoms with Crippen molar-refractivity contribution < 1.29 is 14.1 Å². The molecule has 6 heteroatoms. The highest BCUT2D eigenvalue weighted by molar-refractivity contribution is 5.78. The van der Waals surface area contributed by atoms with E-state index in [1.165, 1.54) is 0 Å². The van der Waals surface area contributed by atoms with Crippen molar-refractivity contribution >= 4 is 5.91 Å². The monoisotopic (exact) mass is 265 g/mol. The first-order valence-electron chi connectivity index (χ1n) is 6.89. The van der Waals surface area contributed by atoms with Crippen molar-refractivity contribution in [3.8, 4) is 0 Å². The number of nitrogens with zero attached hydrogens (tertiary/aromatic N) is 3. The Balaban J connectivity index is 1.48. The van der Waals surface area contributed by atoms with E-state index in [0.717, 1.165) is 25.2 Å². The lowest BCUT2D eigenvalue weighted by Crippen LogP contribution is -2.34. The Bertz CT molecular complexity index is 450. The SMILES string of the molecule is CN(CCc1noc(C2CC2)n1)C(=O)C1CCOC1. The summed E-state index contributed by atoms with van der Waals surface area (Å²) in [5.74, 6) is 2.12. The smallest absolute Gasteiger partial charge is 0.229 e. The van der Waals surface area contributed by atoms with Crippen molar-refractivity contribution in [2.45, 2.75) is 31.6 Å². The van der Waals surface area contributed by atoms with Crippen LogP contribution in [0.25, 0.3) is 0 Å². The van der Waals surface area contributed by atoms with E-state index in [9.17, 15) is 4.79 Å². The largest absolute Gasteiger partial charge is 0.381 e. The molecule has 6 nitrogen and oxygen atoms in total. The normalized spacial score (nSPS) is 22.7. The maximum atomic E-state index is 12.1. The van der Waals surface area contributed by atoms with Crippen LogP contribution in [0.4, 0.5) is 0 Å². The number of carbonyl (C=O) groups is 1. The Labute approximate surface area is 112 Å². The second-order valence-corrected chi connectivity index (χ2v) is 5.39. The fraction of sp³-hybridized carbons (Fsp3) is 0.769. The summed E-state index contributed by atoms with van der Waals surface area (Å²) in [6, 6.07) is 0. The molecular weight excluding hydrogens is 246 g/mol. The van der Waals surface area contributed by atoms with Crippen molar-refractivity contribution in [3.63, 3.8) is 0 Å². The average molecular weight is 265 g/mol. The Kier molecular flexibility index (Phi) is 3.50. The molecule has 1 aromatic rings. The zero-order chi connectivity index (χ0) is 13.2. The van der Waals surface area contributed by atoms with E-state index in [2.05, 4.69) is 10.1 Å². The van der Waals surface area contributed by atoms with Gasteiger partial charge in [-0.2, -0.15) is 4.98 Å². The maximum absolute atomic E-state index is 12.1. The highest BCUT2D eigenvalue weighted by Crippen LogP contribution is 2.38. The van der Waals surface area contributed by atoms with Gasteiger partial charge >= 0.3 is 0 Å². The number of likely N-dealkylation sites (N-methyl/N-ethyl adjacent to an activating group) is 1. The van der Waals surface area contributed by atoms with Gasteiger partial charge in [-0.1, -0.05) is 5.16 Å². The number of hydrogen-bond donors (Lipinski definition) is 0. The third-order valence-corrected chi connectivity index (χ3v) is 3.74. The molecule has 1 saturated heterocycles. The van der Waals surface area contributed by atoms with E-state index in [-0.39, 0.29) is 11.8 Å². The van der Waals surface area contributed by atoms with Crippen LogP contribution in [0.2, 0.25) is 0 Å². The third-order valence-electron chi connectivity index (χ3n) is 3.74. The topological polar surface area (TPSA) is 68.5 Å². The van der Waals surface area contributed by atoms with Crippen LogP contribution in [-0.2, 0) is 16.0 Å². The molecule has 1 aliphatic heterocycles. The summed E-state index contributed by atoms with van der Waals surface area (Å²) in [6.07, 6.45) is 3.78. The summed E-state index contributed by atoms with van der Waals surface area (Å²) in [6.45, 7) is 1.87. The van der Waals surface area contributed by atoms with Gasteiger partial charge in [-0.25, -0.2) is 0 Å². The molecule has 0 N–H and O–H groups in total. The second-order valence-electron chi connectivity index (χ2n) is 5.39. The summed E-state index contributed by atoms with van der Waals surface area (Å²) in [4.78, 5) is 18.2. The fourth-order valence-electron chi connectivity index (χ4n) is 2.28. The van der Waals surface area contributed by atoms with Gasteiger partial charge < -0.3 is 14.2 Å². The van der Waals surface area contributed by atoms with E-state index in [1.807, 2.05) is 7.05 Å². The summed E-state index contributed by atoms with van der Waals surface area (Å²) < 4.78 is 10.4. The molecule has 1 atom stereocenters. The Morgan fingerprint density at radius 1 is 1.42 bits per heavy atom. The van der Waals surface area contributed by atoms with Gasteiger partial charge in [-0.05, 0) is 19.3 Å². The van der Waals surface area contributed by atoms with Crippen LogP contribution >= 0.6 is 0 Å². The minimum Gasteiger partial charge on any atom is -0.381 e. The average Bonchev–Trinajstić information content (AvgIpc) is 2.96. The summed E-state index contributed by atoms with van der Waals surface area (Å²) in [5, 5.41) is 3.96. The number of amides is 1. The van der Waals surface area contributed by atoms with Crippen molar-refractivity contribution in [2.24, 2.45) is 5.92 Å². The van der Waals surface area contributed by atoms with Crippen molar-refractivity contribution in [1.29, 1.82) is 0 Å². The van der Waals surface area contributed by atoms with Gasteiger partial charge in [0.2, 0.25) is 11.8 Å². The minimum atomic E-state index is 0.0253. The van der Waals surface area contributed by atoms with E-state index >= 15 is 0 Å². The van der Waals surface area contributed by atoms with Gasteiger partial charge in [0.05, 0.1) is 12.5 Å². The molecule has 1 aromatic heterocycles. The van der Waals surface area contributed by atoms with Gasteiger partial charge in [0, 0.05) is 32.5 Å². The number of ether oxygens (including phenoxy) is 1. The number of hydrogen-bond acceptors (Lipinski definition) is 5. The molecule has 0 spiro atoms. The van der Waals surface area contributed by atoms with Crippen LogP contribution in [0.5, 0.6) is 0 Å². The number of rotatable bonds is 5. The van der Waals surface area contributed by atoms with Crippen molar-refractivity contribution in [3.05, 3.63) is 11.7 Å². The molecule has 1 amide bonds. The van der Waals surface area contributed by atoms with Crippen LogP contribution < -0.4 is 0 Å². The second kappa shape index (κ2) is 5.28. The zero-order valence-corrected chi connectivity index (χ0v) is 11.2. The van der Waals surface area contributed by atoms with Gasteiger partial charge in [0.25, 0.3) is 0 Å². The lowest BCUT2D eigenvalue weighted by Gasteiger charge is -2.19. The Morgan fingerprint density at radius 2 is 2.26 bits per heavy atom. The van der Waals surface area contributed by atoms with Gasteiger partial charge in [-0.3, -0.25) is 4.79 Å². The molecule has 0 radical (unpaired) electrons. The van der Waals surface area contributed by atoms with E-state index < -0.39 is 0 Å². The molecule has 3 rings (SSSR count). The highest BCUT2D eigenvalue weighted by atomic mass is 16.5. The van der Waals surface area contributed by atoms with Crippen LogP contribution in [0.15, 0.2) is 4.52 Å². The number of aromatic nitrogens is 2. The predicted octanol–water partition coefficient (Wildman–Crippen LogP) is 0.984. The van der Waals surface area contributed by atoms with Crippen LogP contribution in [0.3, 0.4) is 0 Å². The molecule has 2 aliphatic rings. The van der Waals surface area contributed by atoms with Crippen LogP contribution in [-0.4, -0.2) is 47.8 Å². The molecule has 0 aromatic carbocycles. The lowest BCUT2D eigenvalue weighted by molar-refractivity contribution is -0.134. The van der Waals surface area contributed by atoms with Crippen LogP contribution in [0, 0.1) is 5.92 Å². The summed E-state index contributed by atoms with van der Waals surface area (Å²) >= 11 is 0. The molecule has 1 aliphatic carbocycles. The minimum absolute atomic E-state index is 0.0253. The lowest BCUT2D eigenvalue weighted by atomic mass is 10.1. The quantitative estimate of drug-likeness (QED) is 0.794. The van der Waals surface area contributed by atoms with Gasteiger partial charge in [0.15, 0.2) is 5.82 Å². The Morgan fingerprint density at radius 3 is 2.95 bits per heavy atom. The van der Waals surface area contributed by atoms with E-state index in [0.29, 0.717) is 37.9 Å². The molecular formula is C13H19N3O3. The first-order chi connectivity index (χ1) is 9.24. The maximum Gasteiger partial charge on any atom is 0.229 e. The van der Waals surface area contributed by atoms with Gasteiger partial charge in [-0.15, -0.1) is 0 Å². The molecule has 19 heavy (non-hydrogen) atoms. The Hall–Kier alpha value is -1.43. The van der Waals surface area contributed by atoms with Crippen molar-refractivity contribution in [1.82, 2.24) is 15.0 Å². The first-order valence-corrected chi connectivity index (χ1v) is 6.89. The van der Waals surface area contributed by atoms with E-state index in [1.54, 1.807) is 4.90 Å². The first kappa shape index (κ1) is 12.6. The molecule has 0 bridgehead atoms. The molecule has 2 heterocycles. The summed E-state index contributed by atoms with van der Waals surface area (Å²) in [5.41, 5.74) is 0. The standard InChI is InChI=1S/C13H19N3O3/c1-16(13(17)10-5-7-18-8-10)6-4-11-14-12(19-15-11)9-2-3-9/h9-10H,2-8H2,1H3. The highest BCUT2D eigenvalue weighted by Gasteiger charge is 2.30. The molecule has 2 fully saturated rings. The predicted molar refractivity (Wildman–Crippen MR) is 66.5 cm³/mol. The fourth-order valence-corrected chi connectivity index (χ4v) is 2.28. The van der Waals surface area contributed by atoms with Crippen LogP contribution in [0.1, 0.15) is 36.9 Å². The van der Waals surface area contributed by atoms with Gasteiger partial charge in [0.1, 0.15) is 0 Å². The molecule has 1 unspecified atom stereocenters. The summed E-state index contributed by atoms with van der Waals surface area (Å²) in [7, 11) is 1.82.